The molecule has 7 heteroatoms. The molecule has 0 fully saturated rings. The summed E-state index contributed by atoms with van der Waals surface area (Å²) in [6, 6.07) is 1.86. The Balaban J connectivity index is 2.40. The van der Waals surface area contributed by atoms with E-state index in [9.17, 15) is 4.79 Å². The third-order valence-corrected chi connectivity index (χ3v) is 5.16. The standard InChI is InChI=1S/C10H7Br2NO3S/c1-2-15-10(14)7-8(16-4-13-7)6-3-5(11)9(12)17-6/h3-4H,2H2,1H3. The van der Waals surface area contributed by atoms with Crippen LogP contribution in [0, 0.1) is 0 Å². The van der Waals surface area contributed by atoms with Crippen LogP contribution in [0.5, 0.6) is 0 Å². The molecule has 2 rings (SSSR count). The molecule has 0 saturated carbocycles. The van der Waals surface area contributed by atoms with Crippen molar-refractivity contribution in [2.45, 2.75) is 6.92 Å². The molecule has 0 atom stereocenters. The molecule has 0 aliphatic carbocycles. The molecular weight excluding hydrogens is 374 g/mol. The fourth-order valence-electron chi connectivity index (χ4n) is 1.22. The number of ether oxygens (including phenoxy) is 1. The Morgan fingerprint density at radius 1 is 1.59 bits per heavy atom. The van der Waals surface area contributed by atoms with Gasteiger partial charge in [0.15, 0.2) is 17.8 Å². The average molecular weight is 381 g/mol. The fourth-order valence-corrected chi connectivity index (χ4v) is 3.25. The van der Waals surface area contributed by atoms with Crippen LogP contribution < -0.4 is 0 Å². The average Bonchev–Trinajstić information content (AvgIpc) is 2.87. The topological polar surface area (TPSA) is 52.3 Å². The zero-order valence-corrected chi connectivity index (χ0v) is 12.7. The van der Waals surface area contributed by atoms with Gasteiger partial charge in [-0.3, -0.25) is 0 Å². The summed E-state index contributed by atoms with van der Waals surface area (Å²) in [5.74, 6) is -0.0447. The Morgan fingerprint density at radius 3 is 2.94 bits per heavy atom. The largest absolute Gasteiger partial charge is 0.461 e. The maximum absolute atomic E-state index is 11.6. The summed E-state index contributed by atoms with van der Waals surface area (Å²) in [5, 5.41) is 0. The highest BCUT2D eigenvalue weighted by molar-refractivity contribution is 9.13. The van der Waals surface area contributed by atoms with Crippen LogP contribution in [-0.2, 0) is 4.74 Å². The molecule has 0 saturated heterocycles. The van der Waals surface area contributed by atoms with Gasteiger partial charge >= 0.3 is 5.97 Å². The normalized spacial score (nSPS) is 10.5. The molecule has 2 aromatic rings. The fraction of sp³-hybridized carbons (Fsp3) is 0.200. The van der Waals surface area contributed by atoms with Gasteiger partial charge in [-0.2, -0.15) is 0 Å². The summed E-state index contributed by atoms with van der Waals surface area (Å²) in [5.41, 5.74) is 0.202. The third kappa shape index (κ3) is 2.61. The molecule has 0 amide bonds. The van der Waals surface area contributed by atoms with Crippen LogP contribution in [0.1, 0.15) is 17.4 Å². The van der Waals surface area contributed by atoms with Crippen molar-refractivity contribution in [2.24, 2.45) is 0 Å². The van der Waals surface area contributed by atoms with Gasteiger partial charge in [0.05, 0.1) is 15.3 Å². The number of halogens is 2. The number of esters is 1. The van der Waals surface area contributed by atoms with Crippen molar-refractivity contribution in [3.8, 4) is 10.6 Å². The Kier molecular flexibility index (Phi) is 4.01. The van der Waals surface area contributed by atoms with Crippen molar-refractivity contribution in [2.75, 3.05) is 6.61 Å². The van der Waals surface area contributed by atoms with E-state index in [0.717, 1.165) is 13.1 Å². The van der Waals surface area contributed by atoms with Crippen LogP contribution in [0.15, 0.2) is 25.1 Å². The number of nitrogens with zero attached hydrogens (tertiary/aromatic N) is 1. The number of carbonyl (C=O) groups excluding carboxylic acids is 1. The number of rotatable bonds is 3. The molecule has 4 nitrogen and oxygen atoms in total. The smallest absolute Gasteiger partial charge is 0.361 e. The van der Waals surface area contributed by atoms with Crippen molar-refractivity contribution in [1.82, 2.24) is 4.98 Å². The van der Waals surface area contributed by atoms with E-state index in [0.29, 0.717) is 12.4 Å². The van der Waals surface area contributed by atoms with Gasteiger partial charge in [-0.15, -0.1) is 11.3 Å². The van der Waals surface area contributed by atoms with Crippen LogP contribution in [-0.4, -0.2) is 17.6 Å². The quantitative estimate of drug-likeness (QED) is 0.752. The van der Waals surface area contributed by atoms with Gasteiger partial charge in [-0.25, -0.2) is 9.78 Å². The summed E-state index contributed by atoms with van der Waals surface area (Å²) in [6.07, 6.45) is 1.24. The van der Waals surface area contributed by atoms with Crippen molar-refractivity contribution in [1.29, 1.82) is 0 Å². The number of thiophene rings is 1. The SMILES string of the molecule is CCOC(=O)c1ncoc1-c1cc(Br)c(Br)s1. The third-order valence-electron chi connectivity index (χ3n) is 1.91. The zero-order valence-electron chi connectivity index (χ0n) is 8.70. The van der Waals surface area contributed by atoms with E-state index < -0.39 is 5.97 Å². The highest BCUT2D eigenvalue weighted by Crippen LogP contribution is 2.39. The number of aromatic nitrogens is 1. The molecule has 17 heavy (non-hydrogen) atoms. The van der Waals surface area contributed by atoms with E-state index >= 15 is 0 Å². The molecule has 0 aromatic carbocycles. The molecular formula is C10H7Br2NO3S. The van der Waals surface area contributed by atoms with Crippen molar-refractivity contribution >= 4 is 49.2 Å². The van der Waals surface area contributed by atoms with Gasteiger partial charge in [0.2, 0.25) is 0 Å². The predicted molar refractivity (Wildman–Crippen MR) is 71.2 cm³/mol. The van der Waals surface area contributed by atoms with Crippen LogP contribution in [0.3, 0.4) is 0 Å². The van der Waals surface area contributed by atoms with Crippen LogP contribution in [0.2, 0.25) is 0 Å². The zero-order chi connectivity index (χ0) is 12.4. The maximum atomic E-state index is 11.6. The maximum Gasteiger partial charge on any atom is 0.361 e. The van der Waals surface area contributed by atoms with Gasteiger partial charge in [0, 0.05) is 4.47 Å². The predicted octanol–water partition coefficient (Wildman–Crippen LogP) is 4.10. The molecule has 2 heterocycles. The molecule has 0 N–H and O–H groups in total. The Bertz CT molecular complexity index is 530. The lowest BCUT2D eigenvalue weighted by Gasteiger charge is -1.98. The van der Waals surface area contributed by atoms with Crippen molar-refractivity contribution in [3.63, 3.8) is 0 Å². The summed E-state index contributed by atoms with van der Waals surface area (Å²) in [4.78, 5) is 16.3. The molecule has 0 spiro atoms. The Morgan fingerprint density at radius 2 is 2.35 bits per heavy atom. The lowest BCUT2D eigenvalue weighted by molar-refractivity contribution is 0.0520. The molecule has 0 bridgehead atoms. The lowest BCUT2D eigenvalue weighted by Crippen LogP contribution is -2.05. The van der Waals surface area contributed by atoms with E-state index in [1.807, 2.05) is 6.07 Å². The molecule has 0 unspecified atom stereocenters. The second kappa shape index (κ2) is 5.32. The summed E-state index contributed by atoms with van der Waals surface area (Å²) < 4.78 is 12.0. The van der Waals surface area contributed by atoms with Crippen molar-refractivity contribution in [3.05, 3.63) is 26.4 Å². The van der Waals surface area contributed by atoms with Crippen LogP contribution in [0.25, 0.3) is 10.6 Å². The first-order chi connectivity index (χ1) is 8.13. The monoisotopic (exact) mass is 379 g/mol. The van der Waals surface area contributed by atoms with Gasteiger partial charge in [0.25, 0.3) is 0 Å². The molecule has 2 aromatic heterocycles. The number of oxazole rings is 1. The second-order valence-corrected chi connectivity index (χ2v) is 6.21. The number of hydrogen-bond donors (Lipinski definition) is 0. The lowest BCUT2D eigenvalue weighted by atomic mass is 10.3. The first kappa shape index (κ1) is 12.8. The Hall–Kier alpha value is -0.660. The summed E-state index contributed by atoms with van der Waals surface area (Å²) >= 11 is 8.22. The first-order valence-corrected chi connectivity index (χ1v) is 7.09. The minimum atomic E-state index is -0.475. The minimum Gasteiger partial charge on any atom is -0.461 e. The summed E-state index contributed by atoms with van der Waals surface area (Å²) in [6.45, 7) is 2.05. The van der Waals surface area contributed by atoms with E-state index in [1.165, 1.54) is 17.7 Å². The highest BCUT2D eigenvalue weighted by atomic mass is 79.9. The van der Waals surface area contributed by atoms with Crippen LogP contribution >= 0.6 is 43.2 Å². The molecule has 0 radical (unpaired) electrons. The molecule has 0 aliphatic heterocycles. The molecule has 90 valence electrons. The first-order valence-electron chi connectivity index (χ1n) is 4.69. The molecule has 0 aliphatic rings. The van der Waals surface area contributed by atoms with E-state index in [4.69, 9.17) is 9.15 Å². The minimum absolute atomic E-state index is 0.202. The second-order valence-electron chi connectivity index (χ2n) is 2.98. The van der Waals surface area contributed by atoms with Crippen molar-refractivity contribution < 1.29 is 13.9 Å². The summed E-state index contributed by atoms with van der Waals surface area (Å²) in [7, 11) is 0. The van der Waals surface area contributed by atoms with E-state index in [2.05, 4.69) is 36.8 Å². The van der Waals surface area contributed by atoms with Gasteiger partial charge < -0.3 is 9.15 Å². The number of carbonyl (C=O) groups is 1. The number of hydrogen-bond acceptors (Lipinski definition) is 5. The van der Waals surface area contributed by atoms with E-state index in [-0.39, 0.29) is 5.69 Å². The van der Waals surface area contributed by atoms with Gasteiger partial charge in [-0.1, -0.05) is 0 Å². The van der Waals surface area contributed by atoms with Gasteiger partial charge in [-0.05, 0) is 44.8 Å². The van der Waals surface area contributed by atoms with Crippen LogP contribution in [0.4, 0.5) is 0 Å². The Labute approximate surface area is 118 Å². The van der Waals surface area contributed by atoms with E-state index in [1.54, 1.807) is 6.92 Å². The highest BCUT2D eigenvalue weighted by Gasteiger charge is 2.21. The van der Waals surface area contributed by atoms with Gasteiger partial charge in [0.1, 0.15) is 0 Å².